The van der Waals surface area contributed by atoms with Gasteiger partial charge in [0.25, 0.3) is 0 Å². The van der Waals surface area contributed by atoms with Crippen LogP contribution >= 0.6 is 0 Å². The average Bonchev–Trinajstić information content (AvgIpc) is 2.45. The van der Waals surface area contributed by atoms with Gasteiger partial charge in [-0.2, -0.15) is 9.97 Å². The van der Waals surface area contributed by atoms with Crippen molar-refractivity contribution in [2.75, 3.05) is 53.0 Å². The highest BCUT2D eigenvalue weighted by molar-refractivity contribution is 5.33. The Labute approximate surface area is 113 Å². The zero-order valence-electron chi connectivity index (χ0n) is 11.6. The number of aromatic nitrogens is 2. The van der Waals surface area contributed by atoms with Crippen LogP contribution in [0.1, 0.15) is 6.42 Å². The van der Waals surface area contributed by atoms with E-state index in [0.717, 1.165) is 6.42 Å². The Balaban J connectivity index is 2.28. The van der Waals surface area contributed by atoms with Gasteiger partial charge in [-0.1, -0.05) is 0 Å². The largest absolute Gasteiger partial charge is 0.481 e. The van der Waals surface area contributed by atoms with E-state index in [-0.39, 0.29) is 0 Å². The van der Waals surface area contributed by atoms with Gasteiger partial charge in [0.2, 0.25) is 17.7 Å². The first kappa shape index (κ1) is 15.5. The summed E-state index contributed by atoms with van der Waals surface area (Å²) < 4.78 is 20.3. The summed E-state index contributed by atoms with van der Waals surface area (Å²) in [6.07, 6.45) is 0.854. The van der Waals surface area contributed by atoms with Crippen LogP contribution in [0.25, 0.3) is 0 Å². The third-order valence-corrected chi connectivity index (χ3v) is 2.28. The van der Waals surface area contributed by atoms with Crippen molar-refractivity contribution in [2.45, 2.75) is 6.42 Å². The Kier molecular flexibility index (Phi) is 7.60. The molecular weight excluding hydrogens is 250 g/mol. The minimum Gasteiger partial charge on any atom is -0.481 e. The van der Waals surface area contributed by atoms with Gasteiger partial charge < -0.3 is 24.3 Å². The Bertz CT molecular complexity index is 341. The minimum absolute atomic E-state index is 0.464. The molecule has 0 unspecified atom stereocenters. The summed E-state index contributed by atoms with van der Waals surface area (Å²) in [5.41, 5.74) is 0. The van der Waals surface area contributed by atoms with Crippen LogP contribution in [0.2, 0.25) is 0 Å². The first-order valence-electron chi connectivity index (χ1n) is 6.07. The summed E-state index contributed by atoms with van der Waals surface area (Å²) in [5.74, 6) is 1.41. The van der Waals surface area contributed by atoms with Crippen molar-refractivity contribution in [1.29, 1.82) is 0 Å². The van der Waals surface area contributed by atoms with E-state index >= 15 is 0 Å². The van der Waals surface area contributed by atoms with E-state index in [1.54, 1.807) is 27.4 Å². The van der Waals surface area contributed by atoms with Gasteiger partial charge in [-0.15, -0.1) is 0 Å². The van der Waals surface area contributed by atoms with Crippen molar-refractivity contribution in [3.05, 3.63) is 6.07 Å². The molecule has 0 aromatic carbocycles. The maximum atomic E-state index is 5.35. The molecule has 7 heteroatoms. The lowest BCUT2D eigenvalue weighted by Crippen LogP contribution is -2.10. The third kappa shape index (κ3) is 6.21. The summed E-state index contributed by atoms with van der Waals surface area (Å²) in [4.78, 5) is 8.32. The molecule has 1 rings (SSSR count). The zero-order chi connectivity index (χ0) is 13.9. The molecule has 0 aliphatic carbocycles. The van der Waals surface area contributed by atoms with Gasteiger partial charge in [-0.25, -0.2) is 0 Å². The Morgan fingerprint density at radius 1 is 1.00 bits per heavy atom. The minimum atomic E-state index is 0.464. The zero-order valence-corrected chi connectivity index (χ0v) is 11.6. The molecule has 0 aliphatic heterocycles. The molecule has 0 amide bonds. The number of rotatable bonds is 10. The van der Waals surface area contributed by atoms with Crippen molar-refractivity contribution in [1.82, 2.24) is 9.97 Å². The Hall–Kier alpha value is -1.60. The molecule has 0 aliphatic rings. The molecule has 19 heavy (non-hydrogen) atoms. The maximum Gasteiger partial charge on any atom is 0.229 e. The molecule has 0 saturated heterocycles. The fourth-order valence-electron chi connectivity index (χ4n) is 1.31. The average molecular weight is 271 g/mol. The van der Waals surface area contributed by atoms with Gasteiger partial charge in [0.05, 0.1) is 33.5 Å². The highest BCUT2D eigenvalue weighted by Crippen LogP contribution is 2.16. The van der Waals surface area contributed by atoms with Crippen LogP contribution in [0.15, 0.2) is 6.07 Å². The van der Waals surface area contributed by atoms with Crippen molar-refractivity contribution >= 4 is 5.95 Å². The molecule has 1 heterocycles. The van der Waals surface area contributed by atoms with E-state index in [0.29, 0.717) is 44.1 Å². The van der Waals surface area contributed by atoms with Crippen LogP contribution in [0.3, 0.4) is 0 Å². The van der Waals surface area contributed by atoms with Crippen LogP contribution in [0, 0.1) is 0 Å². The van der Waals surface area contributed by atoms with Crippen molar-refractivity contribution in [3.8, 4) is 11.8 Å². The number of hydrogen-bond donors (Lipinski definition) is 1. The van der Waals surface area contributed by atoms with Gasteiger partial charge in [0.1, 0.15) is 0 Å². The fourth-order valence-corrected chi connectivity index (χ4v) is 1.31. The molecule has 0 saturated carbocycles. The normalized spacial score (nSPS) is 10.3. The molecular formula is C12H21N3O4. The molecule has 0 spiro atoms. The van der Waals surface area contributed by atoms with Gasteiger partial charge in [0, 0.05) is 20.3 Å². The van der Waals surface area contributed by atoms with E-state index < -0.39 is 0 Å². The van der Waals surface area contributed by atoms with Crippen LogP contribution in [-0.4, -0.2) is 57.7 Å². The van der Waals surface area contributed by atoms with Crippen LogP contribution in [0.4, 0.5) is 5.95 Å². The molecule has 0 atom stereocenters. The summed E-state index contributed by atoms with van der Waals surface area (Å²) in [6.45, 7) is 2.60. The predicted octanol–water partition coefficient (Wildman–Crippen LogP) is 0.959. The van der Waals surface area contributed by atoms with Crippen LogP contribution < -0.4 is 14.8 Å². The smallest absolute Gasteiger partial charge is 0.229 e. The number of nitrogens with zero attached hydrogens (tertiary/aromatic N) is 2. The lowest BCUT2D eigenvalue weighted by atomic mass is 10.4. The quantitative estimate of drug-likeness (QED) is 0.635. The second kappa shape index (κ2) is 9.35. The summed E-state index contributed by atoms with van der Waals surface area (Å²) in [5, 5.41) is 3.09. The van der Waals surface area contributed by atoms with Crippen molar-refractivity contribution in [2.24, 2.45) is 0 Å². The first-order valence-corrected chi connectivity index (χ1v) is 6.07. The summed E-state index contributed by atoms with van der Waals surface area (Å²) >= 11 is 0. The van der Waals surface area contributed by atoms with Crippen molar-refractivity contribution < 1.29 is 18.9 Å². The molecule has 1 aromatic rings. The third-order valence-electron chi connectivity index (χ3n) is 2.28. The standard InChI is InChI=1S/C12H21N3O4/c1-16-7-8-19-6-4-5-13-12-14-10(17-2)9-11(15-12)18-3/h9H,4-8H2,1-3H3,(H,13,14,15). The summed E-state index contributed by atoms with van der Waals surface area (Å²) in [7, 11) is 4.75. The molecule has 1 aromatic heterocycles. The van der Waals surface area contributed by atoms with Crippen LogP contribution in [-0.2, 0) is 9.47 Å². The number of ether oxygens (including phenoxy) is 4. The van der Waals surface area contributed by atoms with E-state index in [9.17, 15) is 0 Å². The van der Waals surface area contributed by atoms with Gasteiger partial charge in [-0.05, 0) is 6.42 Å². The number of nitrogens with one attached hydrogen (secondary N) is 1. The Morgan fingerprint density at radius 3 is 2.26 bits per heavy atom. The topological polar surface area (TPSA) is 74.7 Å². The SMILES string of the molecule is COCCOCCCNc1nc(OC)cc(OC)n1. The molecule has 0 fully saturated rings. The predicted molar refractivity (Wildman–Crippen MR) is 70.9 cm³/mol. The molecule has 7 nitrogen and oxygen atoms in total. The highest BCUT2D eigenvalue weighted by atomic mass is 16.5. The van der Waals surface area contributed by atoms with Gasteiger partial charge in [0.15, 0.2) is 0 Å². The van der Waals surface area contributed by atoms with E-state index in [4.69, 9.17) is 18.9 Å². The highest BCUT2D eigenvalue weighted by Gasteiger charge is 2.04. The number of anilines is 1. The number of methoxy groups -OCH3 is 3. The molecule has 1 N–H and O–H groups in total. The lowest BCUT2D eigenvalue weighted by Gasteiger charge is -2.08. The van der Waals surface area contributed by atoms with Gasteiger partial charge in [-0.3, -0.25) is 0 Å². The van der Waals surface area contributed by atoms with E-state index in [1.807, 2.05) is 0 Å². The molecule has 0 radical (unpaired) electrons. The molecule has 0 bridgehead atoms. The number of hydrogen-bond acceptors (Lipinski definition) is 7. The second-order valence-electron chi connectivity index (χ2n) is 3.66. The lowest BCUT2D eigenvalue weighted by molar-refractivity contribution is 0.0705. The monoisotopic (exact) mass is 271 g/mol. The maximum absolute atomic E-state index is 5.35. The van der Waals surface area contributed by atoms with E-state index in [2.05, 4.69) is 15.3 Å². The first-order chi connectivity index (χ1) is 9.30. The Morgan fingerprint density at radius 2 is 1.68 bits per heavy atom. The summed E-state index contributed by atoms with van der Waals surface area (Å²) in [6, 6.07) is 1.62. The van der Waals surface area contributed by atoms with Crippen molar-refractivity contribution in [3.63, 3.8) is 0 Å². The second-order valence-corrected chi connectivity index (χ2v) is 3.66. The molecule has 108 valence electrons. The van der Waals surface area contributed by atoms with Crippen LogP contribution in [0.5, 0.6) is 11.8 Å². The fraction of sp³-hybridized carbons (Fsp3) is 0.667. The van der Waals surface area contributed by atoms with E-state index in [1.165, 1.54) is 0 Å². The van der Waals surface area contributed by atoms with Gasteiger partial charge >= 0.3 is 0 Å².